The summed E-state index contributed by atoms with van der Waals surface area (Å²) in [6, 6.07) is 22.8. The Morgan fingerprint density at radius 2 is 1.20 bits per heavy atom. The molecule has 0 spiro atoms. The first-order valence-corrected chi connectivity index (χ1v) is 9.88. The Morgan fingerprint density at radius 3 is 1.73 bits per heavy atom. The molecule has 2 N–H and O–H groups in total. The van der Waals surface area contributed by atoms with Crippen LogP contribution in [0.25, 0.3) is 0 Å². The van der Waals surface area contributed by atoms with Crippen molar-refractivity contribution in [1.82, 2.24) is 10.6 Å². The monoisotopic (exact) mass is 402 g/mol. The van der Waals surface area contributed by atoms with E-state index in [4.69, 9.17) is 4.74 Å². The molecule has 154 valence electrons. The Hall–Kier alpha value is -3.60. The molecule has 3 rings (SSSR count). The summed E-state index contributed by atoms with van der Waals surface area (Å²) in [5.74, 6) is 0.184. The summed E-state index contributed by atoms with van der Waals surface area (Å²) in [6.45, 7) is 4.90. The lowest BCUT2D eigenvalue weighted by atomic mass is 10.1. The molecule has 0 aromatic heterocycles. The second-order valence-electron chi connectivity index (χ2n) is 7.24. The van der Waals surface area contributed by atoms with E-state index in [1.165, 1.54) is 11.1 Å². The van der Waals surface area contributed by atoms with Gasteiger partial charge < -0.3 is 15.4 Å². The highest BCUT2D eigenvalue weighted by atomic mass is 16.5. The molecule has 3 aromatic rings. The minimum absolute atomic E-state index is 0.0785. The molecule has 0 unspecified atom stereocenters. The number of hydrogen-bond acceptors (Lipinski definition) is 3. The summed E-state index contributed by atoms with van der Waals surface area (Å²) in [6.07, 6.45) is 0. The van der Waals surface area contributed by atoms with Gasteiger partial charge >= 0.3 is 0 Å². The van der Waals surface area contributed by atoms with E-state index in [-0.39, 0.29) is 18.4 Å². The number of aryl methyl sites for hydroxylation is 2. The van der Waals surface area contributed by atoms with E-state index in [1.54, 1.807) is 24.3 Å². The van der Waals surface area contributed by atoms with Gasteiger partial charge in [-0.2, -0.15) is 0 Å². The van der Waals surface area contributed by atoms with Crippen molar-refractivity contribution in [1.29, 1.82) is 0 Å². The molecule has 30 heavy (non-hydrogen) atoms. The van der Waals surface area contributed by atoms with E-state index in [0.29, 0.717) is 24.4 Å². The van der Waals surface area contributed by atoms with Gasteiger partial charge in [-0.25, -0.2) is 0 Å². The van der Waals surface area contributed by atoms with E-state index in [2.05, 4.69) is 10.6 Å². The van der Waals surface area contributed by atoms with Crippen LogP contribution in [0, 0.1) is 13.8 Å². The molecule has 0 fully saturated rings. The van der Waals surface area contributed by atoms with Crippen molar-refractivity contribution in [3.63, 3.8) is 0 Å². The molecular formula is C25H26N2O3. The highest BCUT2D eigenvalue weighted by molar-refractivity contribution is 5.94. The molecule has 0 bridgehead atoms. The molecule has 3 aromatic carbocycles. The third kappa shape index (κ3) is 6.48. The fourth-order valence-electron chi connectivity index (χ4n) is 2.80. The van der Waals surface area contributed by atoms with Gasteiger partial charge in [0.15, 0.2) is 6.61 Å². The average molecular weight is 402 g/mol. The zero-order valence-corrected chi connectivity index (χ0v) is 17.3. The largest absolute Gasteiger partial charge is 0.484 e. The van der Waals surface area contributed by atoms with Crippen molar-refractivity contribution in [3.8, 4) is 5.75 Å². The summed E-state index contributed by atoms with van der Waals surface area (Å²) in [5, 5.41) is 5.72. The molecule has 0 aliphatic carbocycles. The minimum atomic E-state index is -0.199. The second-order valence-corrected chi connectivity index (χ2v) is 7.24. The number of benzene rings is 3. The van der Waals surface area contributed by atoms with Gasteiger partial charge in [0.2, 0.25) is 0 Å². The van der Waals surface area contributed by atoms with Gasteiger partial charge in [0.25, 0.3) is 11.8 Å². The average Bonchev–Trinajstić information content (AvgIpc) is 2.77. The van der Waals surface area contributed by atoms with Gasteiger partial charge in [0, 0.05) is 18.7 Å². The predicted molar refractivity (Wildman–Crippen MR) is 117 cm³/mol. The van der Waals surface area contributed by atoms with Gasteiger partial charge in [-0.3, -0.25) is 9.59 Å². The third-order valence-corrected chi connectivity index (χ3v) is 4.67. The molecule has 5 heteroatoms. The van der Waals surface area contributed by atoms with Crippen LogP contribution in [0.3, 0.4) is 0 Å². The van der Waals surface area contributed by atoms with Crippen molar-refractivity contribution in [2.45, 2.75) is 26.9 Å². The van der Waals surface area contributed by atoms with Gasteiger partial charge in [0.1, 0.15) is 5.75 Å². The lowest BCUT2D eigenvalue weighted by molar-refractivity contribution is -0.123. The van der Waals surface area contributed by atoms with E-state index in [9.17, 15) is 9.59 Å². The van der Waals surface area contributed by atoms with Crippen molar-refractivity contribution in [2.75, 3.05) is 6.61 Å². The molecule has 5 nitrogen and oxygen atoms in total. The summed E-state index contributed by atoms with van der Waals surface area (Å²) >= 11 is 0. The van der Waals surface area contributed by atoms with Crippen molar-refractivity contribution in [3.05, 3.63) is 101 Å². The topological polar surface area (TPSA) is 67.4 Å². The molecule has 0 saturated carbocycles. The molecule has 0 aliphatic rings. The Morgan fingerprint density at radius 1 is 0.700 bits per heavy atom. The highest BCUT2D eigenvalue weighted by Gasteiger charge is 2.07. The van der Waals surface area contributed by atoms with Gasteiger partial charge in [0.05, 0.1) is 0 Å². The smallest absolute Gasteiger partial charge is 0.258 e. The van der Waals surface area contributed by atoms with Crippen LogP contribution in [-0.4, -0.2) is 18.4 Å². The van der Waals surface area contributed by atoms with Crippen LogP contribution in [-0.2, 0) is 17.9 Å². The van der Waals surface area contributed by atoms with E-state index in [1.807, 2.05) is 62.4 Å². The van der Waals surface area contributed by atoms with Crippen molar-refractivity contribution < 1.29 is 14.3 Å². The maximum atomic E-state index is 12.3. The van der Waals surface area contributed by atoms with E-state index in [0.717, 1.165) is 11.1 Å². The lowest BCUT2D eigenvalue weighted by Crippen LogP contribution is -2.28. The molecule has 0 heterocycles. The van der Waals surface area contributed by atoms with Gasteiger partial charge in [-0.1, -0.05) is 59.7 Å². The van der Waals surface area contributed by atoms with Gasteiger partial charge in [-0.05, 0) is 49.2 Å². The molecule has 0 atom stereocenters. The number of amides is 2. The number of carbonyl (C=O) groups is 2. The fourth-order valence-corrected chi connectivity index (χ4v) is 2.80. The maximum absolute atomic E-state index is 12.3. The van der Waals surface area contributed by atoms with Crippen LogP contribution in [0.4, 0.5) is 0 Å². The molecule has 0 radical (unpaired) electrons. The SMILES string of the molecule is Cc1ccc(CNC(=O)COc2ccc(C(=O)NCc3ccc(C)cc3)cc2)cc1. The summed E-state index contributed by atoms with van der Waals surface area (Å²) in [5.41, 5.74) is 4.99. The van der Waals surface area contributed by atoms with Crippen LogP contribution < -0.4 is 15.4 Å². The van der Waals surface area contributed by atoms with Crippen LogP contribution in [0.5, 0.6) is 5.75 Å². The third-order valence-electron chi connectivity index (χ3n) is 4.67. The van der Waals surface area contributed by atoms with Crippen molar-refractivity contribution >= 4 is 11.8 Å². The van der Waals surface area contributed by atoms with Crippen LogP contribution >= 0.6 is 0 Å². The predicted octanol–water partition coefficient (Wildman–Crippen LogP) is 3.93. The number of hydrogen-bond donors (Lipinski definition) is 2. The molecule has 0 saturated heterocycles. The first-order chi connectivity index (χ1) is 14.5. The van der Waals surface area contributed by atoms with Crippen LogP contribution in [0.15, 0.2) is 72.8 Å². The standard InChI is InChI=1S/C25H26N2O3/c1-18-3-7-20(8-4-18)15-26-24(28)17-30-23-13-11-22(12-14-23)25(29)27-16-21-9-5-19(2)6-10-21/h3-14H,15-17H2,1-2H3,(H,26,28)(H,27,29). The zero-order chi connectivity index (χ0) is 21.3. The van der Waals surface area contributed by atoms with Crippen LogP contribution in [0.1, 0.15) is 32.6 Å². The first-order valence-electron chi connectivity index (χ1n) is 9.88. The molecular weight excluding hydrogens is 376 g/mol. The molecule has 2 amide bonds. The number of nitrogens with one attached hydrogen (secondary N) is 2. The number of carbonyl (C=O) groups excluding carboxylic acids is 2. The lowest BCUT2D eigenvalue weighted by Gasteiger charge is -2.09. The number of ether oxygens (including phenoxy) is 1. The van der Waals surface area contributed by atoms with E-state index >= 15 is 0 Å². The maximum Gasteiger partial charge on any atom is 0.258 e. The Kier molecular flexibility index (Phi) is 7.22. The van der Waals surface area contributed by atoms with Gasteiger partial charge in [-0.15, -0.1) is 0 Å². The Labute approximate surface area is 177 Å². The van der Waals surface area contributed by atoms with E-state index < -0.39 is 0 Å². The van der Waals surface area contributed by atoms with Crippen LogP contribution in [0.2, 0.25) is 0 Å². The highest BCUT2D eigenvalue weighted by Crippen LogP contribution is 2.12. The zero-order valence-electron chi connectivity index (χ0n) is 17.3. The minimum Gasteiger partial charge on any atom is -0.484 e. The summed E-state index contributed by atoms with van der Waals surface area (Å²) < 4.78 is 5.51. The second kappa shape index (κ2) is 10.3. The molecule has 0 aliphatic heterocycles. The Balaban J connectivity index is 1.42. The van der Waals surface area contributed by atoms with Crippen molar-refractivity contribution in [2.24, 2.45) is 0 Å². The quantitative estimate of drug-likeness (QED) is 0.600. The fraction of sp³-hybridized carbons (Fsp3) is 0.200. The summed E-state index contributed by atoms with van der Waals surface area (Å²) in [4.78, 5) is 24.3. The number of rotatable bonds is 8. The Bertz CT molecular complexity index is 978. The first kappa shape index (κ1) is 21.1. The summed E-state index contributed by atoms with van der Waals surface area (Å²) in [7, 11) is 0. The normalized spacial score (nSPS) is 10.3.